The summed E-state index contributed by atoms with van der Waals surface area (Å²) >= 11 is 0. The molecule has 6 nitrogen and oxygen atoms in total. The maximum absolute atomic E-state index is 12.5. The van der Waals surface area contributed by atoms with Crippen molar-refractivity contribution >= 4 is 28.8 Å². The van der Waals surface area contributed by atoms with Crippen molar-refractivity contribution in [3.8, 4) is 0 Å². The molecule has 0 radical (unpaired) electrons. The van der Waals surface area contributed by atoms with Crippen molar-refractivity contribution in [3.05, 3.63) is 54.1 Å². The highest BCUT2D eigenvalue weighted by molar-refractivity contribution is 5.94. The average Bonchev–Trinajstić information content (AvgIpc) is 2.76. The number of nitrogens with one attached hydrogen (secondary N) is 1. The normalized spacial score (nSPS) is 14.4. The Kier molecular flexibility index (Phi) is 7.46. The van der Waals surface area contributed by atoms with Crippen LogP contribution in [0.5, 0.6) is 0 Å². The SMILES string of the molecule is CCN(CC)c1ccc(NC(=O)CN2CCN(c3ccc(C(C)=O)cc3)CC2)cc1. The second-order valence-electron chi connectivity index (χ2n) is 7.63. The molecule has 1 amide bonds. The van der Waals surface area contributed by atoms with Gasteiger partial charge in [-0.1, -0.05) is 0 Å². The Balaban J connectivity index is 1.46. The Labute approximate surface area is 179 Å². The summed E-state index contributed by atoms with van der Waals surface area (Å²) in [6, 6.07) is 15.8. The van der Waals surface area contributed by atoms with Gasteiger partial charge in [0.1, 0.15) is 0 Å². The van der Waals surface area contributed by atoms with Crippen LogP contribution in [0.2, 0.25) is 0 Å². The number of amides is 1. The van der Waals surface area contributed by atoms with E-state index in [0.29, 0.717) is 6.54 Å². The molecule has 1 fully saturated rings. The van der Waals surface area contributed by atoms with Crippen molar-refractivity contribution in [3.63, 3.8) is 0 Å². The van der Waals surface area contributed by atoms with Gasteiger partial charge in [-0.15, -0.1) is 0 Å². The van der Waals surface area contributed by atoms with Gasteiger partial charge in [0, 0.05) is 61.9 Å². The summed E-state index contributed by atoms with van der Waals surface area (Å²) in [6.07, 6.45) is 0. The maximum Gasteiger partial charge on any atom is 0.238 e. The van der Waals surface area contributed by atoms with Crippen molar-refractivity contribution in [2.75, 3.05) is 60.9 Å². The van der Waals surface area contributed by atoms with Gasteiger partial charge in [0.2, 0.25) is 5.91 Å². The Morgan fingerprint density at radius 3 is 2.03 bits per heavy atom. The summed E-state index contributed by atoms with van der Waals surface area (Å²) in [6.45, 7) is 11.6. The predicted octanol–water partition coefficient (Wildman–Crippen LogP) is 3.50. The number of anilines is 3. The first-order valence-corrected chi connectivity index (χ1v) is 10.7. The first-order chi connectivity index (χ1) is 14.5. The van der Waals surface area contributed by atoms with Gasteiger partial charge in [0.15, 0.2) is 5.78 Å². The van der Waals surface area contributed by atoms with E-state index in [9.17, 15) is 9.59 Å². The molecule has 1 saturated heterocycles. The number of hydrogen-bond donors (Lipinski definition) is 1. The molecule has 0 saturated carbocycles. The number of nitrogens with zero attached hydrogens (tertiary/aromatic N) is 3. The van der Waals surface area contributed by atoms with Crippen LogP contribution >= 0.6 is 0 Å². The van der Waals surface area contributed by atoms with E-state index < -0.39 is 0 Å². The molecule has 160 valence electrons. The molecule has 1 heterocycles. The Morgan fingerprint density at radius 1 is 0.900 bits per heavy atom. The minimum atomic E-state index is 0.0184. The van der Waals surface area contributed by atoms with Crippen LogP contribution in [0.1, 0.15) is 31.1 Å². The molecule has 30 heavy (non-hydrogen) atoms. The number of ketones is 1. The summed E-state index contributed by atoms with van der Waals surface area (Å²) in [5.74, 6) is 0.102. The Bertz CT molecular complexity index is 837. The molecular formula is C24H32N4O2. The molecule has 3 rings (SSSR count). The number of rotatable bonds is 8. The van der Waals surface area contributed by atoms with Crippen LogP contribution < -0.4 is 15.1 Å². The Morgan fingerprint density at radius 2 is 1.50 bits per heavy atom. The van der Waals surface area contributed by atoms with Crippen LogP contribution in [0.25, 0.3) is 0 Å². The highest BCUT2D eigenvalue weighted by Gasteiger charge is 2.19. The van der Waals surface area contributed by atoms with Crippen molar-refractivity contribution in [1.29, 1.82) is 0 Å². The lowest BCUT2D eigenvalue weighted by Crippen LogP contribution is -2.48. The second-order valence-corrected chi connectivity index (χ2v) is 7.63. The lowest BCUT2D eigenvalue weighted by Gasteiger charge is -2.35. The zero-order chi connectivity index (χ0) is 21.5. The van der Waals surface area contributed by atoms with E-state index in [1.807, 2.05) is 36.4 Å². The molecule has 0 aromatic heterocycles. The van der Waals surface area contributed by atoms with E-state index in [2.05, 4.69) is 46.0 Å². The first kappa shape index (κ1) is 21.8. The van der Waals surface area contributed by atoms with Gasteiger partial charge in [-0.05, 0) is 69.3 Å². The zero-order valence-electron chi connectivity index (χ0n) is 18.2. The number of Topliss-reactive ketones (excluding diaryl/α,β-unsaturated/α-hetero) is 1. The van der Waals surface area contributed by atoms with Gasteiger partial charge in [-0.2, -0.15) is 0 Å². The van der Waals surface area contributed by atoms with Crippen LogP contribution in [0, 0.1) is 0 Å². The van der Waals surface area contributed by atoms with Crippen LogP contribution in [-0.2, 0) is 4.79 Å². The van der Waals surface area contributed by atoms with Crippen LogP contribution in [0.15, 0.2) is 48.5 Å². The van der Waals surface area contributed by atoms with Crippen LogP contribution in [0.4, 0.5) is 17.1 Å². The number of piperazine rings is 1. The summed E-state index contributed by atoms with van der Waals surface area (Å²) in [4.78, 5) is 30.6. The first-order valence-electron chi connectivity index (χ1n) is 10.7. The monoisotopic (exact) mass is 408 g/mol. The van der Waals surface area contributed by atoms with Crippen LogP contribution in [0.3, 0.4) is 0 Å². The molecule has 0 spiro atoms. The third-order valence-electron chi connectivity index (χ3n) is 5.66. The van der Waals surface area contributed by atoms with E-state index >= 15 is 0 Å². The molecule has 0 unspecified atom stereocenters. The molecule has 2 aromatic carbocycles. The van der Waals surface area contributed by atoms with E-state index in [1.54, 1.807) is 6.92 Å². The van der Waals surface area contributed by atoms with Gasteiger partial charge < -0.3 is 15.1 Å². The summed E-state index contributed by atoms with van der Waals surface area (Å²) in [7, 11) is 0. The number of benzene rings is 2. The largest absolute Gasteiger partial charge is 0.372 e. The lowest BCUT2D eigenvalue weighted by molar-refractivity contribution is -0.117. The topological polar surface area (TPSA) is 55.9 Å². The van der Waals surface area contributed by atoms with Crippen molar-refractivity contribution < 1.29 is 9.59 Å². The van der Waals surface area contributed by atoms with Crippen LogP contribution in [-0.4, -0.2) is 62.4 Å². The molecule has 1 N–H and O–H groups in total. The molecule has 1 aliphatic rings. The van der Waals surface area contributed by atoms with Crippen molar-refractivity contribution in [2.24, 2.45) is 0 Å². The Hall–Kier alpha value is -2.86. The fraction of sp³-hybridized carbons (Fsp3) is 0.417. The molecule has 2 aromatic rings. The molecule has 0 atom stereocenters. The molecule has 0 bridgehead atoms. The van der Waals surface area contributed by atoms with Crippen molar-refractivity contribution in [1.82, 2.24) is 4.90 Å². The number of hydrogen-bond acceptors (Lipinski definition) is 5. The average molecular weight is 409 g/mol. The minimum absolute atomic E-state index is 0.0184. The molecule has 1 aliphatic heterocycles. The van der Waals surface area contributed by atoms with Gasteiger partial charge in [-0.25, -0.2) is 0 Å². The van der Waals surface area contributed by atoms with E-state index in [4.69, 9.17) is 0 Å². The second kappa shape index (κ2) is 10.3. The highest BCUT2D eigenvalue weighted by atomic mass is 16.2. The van der Waals surface area contributed by atoms with Gasteiger partial charge >= 0.3 is 0 Å². The molecule has 0 aliphatic carbocycles. The fourth-order valence-electron chi connectivity index (χ4n) is 3.82. The maximum atomic E-state index is 12.5. The van der Waals surface area contributed by atoms with Crippen molar-refractivity contribution in [2.45, 2.75) is 20.8 Å². The van der Waals surface area contributed by atoms with E-state index in [1.165, 1.54) is 5.69 Å². The van der Waals surface area contributed by atoms with Gasteiger partial charge in [-0.3, -0.25) is 14.5 Å². The summed E-state index contributed by atoms with van der Waals surface area (Å²) in [5.41, 5.74) is 3.86. The molecule has 6 heteroatoms. The standard InChI is InChI=1S/C24H32N4O2/c1-4-27(5-2)22-12-8-21(9-13-22)25-24(30)18-26-14-16-28(17-15-26)23-10-6-20(7-11-23)19(3)29/h6-13H,4-5,14-18H2,1-3H3,(H,25,30). The lowest BCUT2D eigenvalue weighted by atomic mass is 10.1. The fourth-order valence-corrected chi connectivity index (χ4v) is 3.82. The number of carbonyl (C=O) groups excluding carboxylic acids is 2. The third-order valence-corrected chi connectivity index (χ3v) is 5.66. The third kappa shape index (κ3) is 5.60. The summed E-state index contributed by atoms with van der Waals surface area (Å²) in [5, 5.41) is 3.01. The van der Waals surface area contributed by atoms with E-state index in [0.717, 1.165) is 56.2 Å². The van der Waals surface area contributed by atoms with E-state index in [-0.39, 0.29) is 11.7 Å². The minimum Gasteiger partial charge on any atom is -0.372 e. The smallest absolute Gasteiger partial charge is 0.238 e. The zero-order valence-corrected chi connectivity index (χ0v) is 18.2. The predicted molar refractivity (Wildman–Crippen MR) is 124 cm³/mol. The number of carbonyl (C=O) groups is 2. The molecular weight excluding hydrogens is 376 g/mol. The summed E-state index contributed by atoms with van der Waals surface area (Å²) < 4.78 is 0. The quantitative estimate of drug-likeness (QED) is 0.678. The van der Waals surface area contributed by atoms with Gasteiger partial charge in [0.05, 0.1) is 6.54 Å². The van der Waals surface area contributed by atoms with Gasteiger partial charge in [0.25, 0.3) is 0 Å². The highest BCUT2D eigenvalue weighted by Crippen LogP contribution is 2.19.